The number of hydrogen-bond acceptors (Lipinski definition) is 7. The van der Waals surface area contributed by atoms with Crippen LogP contribution in [-0.2, 0) is 18.0 Å². The van der Waals surface area contributed by atoms with Crippen molar-refractivity contribution in [2.24, 2.45) is 0 Å². The zero-order valence-corrected chi connectivity index (χ0v) is 16.6. The van der Waals surface area contributed by atoms with Crippen LogP contribution >= 0.6 is 11.8 Å². The van der Waals surface area contributed by atoms with E-state index in [4.69, 9.17) is 9.84 Å². The maximum atomic E-state index is 12.0. The monoisotopic (exact) mass is 422 g/mol. The lowest BCUT2D eigenvalue weighted by atomic mass is 10.1. The molecule has 8 nitrogen and oxygen atoms in total. The SMILES string of the molecule is O=C1NC(=O)C(c2cnccc2Sc2ccc(OCc3ccnc(CO)c3)cc2)N1. The Morgan fingerprint density at radius 2 is 1.93 bits per heavy atom. The first-order valence-electron chi connectivity index (χ1n) is 9.13. The molecule has 0 radical (unpaired) electrons. The number of imide groups is 1. The van der Waals surface area contributed by atoms with E-state index in [1.165, 1.54) is 11.8 Å². The topological polar surface area (TPSA) is 113 Å². The van der Waals surface area contributed by atoms with Crippen LogP contribution in [0, 0.1) is 0 Å². The standard InChI is InChI=1S/C21H18N4O4S/c26-11-14-9-13(5-8-23-14)12-29-15-1-3-16(4-2-15)30-18-6-7-22-10-17(18)19-20(27)25-21(28)24-19/h1-10,19,26H,11-12H2,(H2,24,25,27,28). The van der Waals surface area contributed by atoms with Crippen molar-refractivity contribution in [3.05, 3.63) is 77.9 Å². The molecule has 1 aliphatic heterocycles. The van der Waals surface area contributed by atoms with E-state index in [1.54, 1.807) is 24.7 Å². The third-order valence-corrected chi connectivity index (χ3v) is 5.50. The molecule has 3 amide bonds. The summed E-state index contributed by atoms with van der Waals surface area (Å²) in [5, 5.41) is 14.0. The van der Waals surface area contributed by atoms with Crippen LogP contribution in [0.25, 0.3) is 0 Å². The van der Waals surface area contributed by atoms with Crippen molar-refractivity contribution in [2.45, 2.75) is 29.0 Å². The van der Waals surface area contributed by atoms with Gasteiger partial charge in [-0.2, -0.15) is 0 Å². The minimum absolute atomic E-state index is 0.108. The fraction of sp³-hybridized carbons (Fsp3) is 0.143. The first-order chi connectivity index (χ1) is 14.6. The first-order valence-corrected chi connectivity index (χ1v) is 9.94. The molecule has 3 N–H and O–H groups in total. The molecule has 3 heterocycles. The smallest absolute Gasteiger partial charge is 0.322 e. The van der Waals surface area contributed by atoms with Gasteiger partial charge >= 0.3 is 6.03 Å². The van der Waals surface area contributed by atoms with Crippen molar-refractivity contribution < 1.29 is 19.4 Å². The molecule has 4 rings (SSSR count). The summed E-state index contributed by atoms with van der Waals surface area (Å²) in [6.07, 6.45) is 4.88. The average Bonchev–Trinajstić information content (AvgIpc) is 3.11. The molecule has 3 aromatic rings. The number of aliphatic hydroxyl groups excluding tert-OH is 1. The van der Waals surface area contributed by atoms with Crippen LogP contribution in [0.1, 0.15) is 22.9 Å². The molecule has 30 heavy (non-hydrogen) atoms. The number of carbonyl (C=O) groups excluding carboxylic acids is 2. The molecule has 0 saturated carbocycles. The van der Waals surface area contributed by atoms with Crippen molar-refractivity contribution in [1.29, 1.82) is 0 Å². The summed E-state index contributed by atoms with van der Waals surface area (Å²) in [5.41, 5.74) is 2.16. The number of nitrogens with zero attached hydrogens (tertiary/aromatic N) is 2. The van der Waals surface area contributed by atoms with Crippen LogP contribution in [0.15, 0.2) is 70.8 Å². The second-order valence-corrected chi connectivity index (χ2v) is 7.60. The lowest BCUT2D eigenvalue weighted by molar-refractivity contribution is -0.120. The number of rotatable bonds is 7. The summed E-state index contributed by atoms with van der Waals surface area (Å²) in [7, 11) is 0. The van der Waals surface area contributed by atoms with Crippen LogP contribution < -0.4 is 15.4 Å². The highest BCUT2D eigenvalue weighted by Gasteiger charge is 2.32. The summed E-state index contributed by atoms with van der Waals surface area (Å²) in [4.78, 5) is 33.4. The minimum Gasteiger partial charge on any atom is -0.489 e. The predicted octanol–water partition coefficient (Wildman–Crippen LogP) is 2.58. The molecule has 152 valence electrons. The summed E-state index contributed by atoms with van der Waals surface area (Å²) in [6, 6.07) is 11.8. The molecule has 0 spiro atoms. The number of benzene rings is 1. The van der Waals surface area contributed by atoms with E-state index in [1.807, 2.05) is 36.4 Å². The lowest BCUT2D eigenvalue weighted by Crippen LogP contribution is -2.22. The Morgan fingerprint density at radius 3 is 2.67 bits per heavy atom. The zero-order chi connectivity index (χ0) is 20.9. The summed E-state index contributed by atoms with van der Waals surface area (Å²) >= 11 is 1.47. The van der Waals surface area contributed by atoms with Gasteiger partial charge in [0.2, 0.25) is 0 Å². The molecule has 9 heteroatoms. The van der Waals surface area contributed by atoms with Crippen molar-refractivity contribution >= 4 is 23.7 Å². The van der Waals surface area contributed by atoms with Gasteiger partial charge in [-0.3, -0.25) is 20.1 Å². The number of hydrogen-bond donors (Lipinski definition) is 3. The second kappa shape index (κ2) is 8.93. The summed E-state index contributed by atoms with van der Waals surface area (Å²) in [5.74, 6) is 0.318. The van der Waals surface area contributed by atoms with Gasteiger partial charge in [-0.1, -0.05) is 11.8 Å². The Balaban J connectivity index is 1.43. The highest BCUT2D eigenvalue weighted by Crippen LogP contribution is 2.34. The van der Waals surface area contributed by atoms with E-state index in [-0.39, 0.29) is 12.5 Å². The Bertz CT molecular complexity index is 1070. The van der Waals surface area contributed by atoms with E-state index in [0.29, 0.717) is 23.6 Å². The van der Waals surface area contributed by atoms with Gasteiger partial charge in [-0.15, -0.1) is 0 Å². The molecule has 1 saturated heterocycles. The third kappa shape index (κ3) is 4.58. The van der Waals surface area contributed by atoms with Gasteiger partial charge in [-0.05, 0) is 48.0 Å². The number of carbonyl (C=O) groups is 2. The Kier molecular flexibility index (Phi) is 5.92. The van der Waals surface area contributed by atoms with E-state index >= 15 is 0 Å². The molecule has 0 aliphatic carbocycles. The molecular formula is C21H18N4O4S. The van der Waals surface area contributed by atoms with Crippen LogP contribution in [-0.4, -0.2) is 27.0 Å². The Morgan fingerprint density at radius 1 is 1.10 bits per heavy atom. The van der Waals surface area contributed by atoms with Crippen molar-refractivity contribution in [3.8, 4) is 5.75 Å². The van der Waals surface area contributed by atoms with Gasteiger partial charge in [0.15, 0.2) is 0 Å². The molecule has 1 unspecified atom stereocenters. The molecule has 2 aromatic heterocycles. The summed E-state index contributed by atoms with van der Waals surface area (Å²) in [6.45, 7) is 0.260. The molecule has 1 aliphatic rings. The fourth-order valence-corrected chi connectivity index (χ4v) is 3.88. The number of aromatic nitrogens is 2. The number of ether oxygens (including phenoxy) is 1. The van der Waals surface area contributed by atoms with Crippen LogP contribution in [0.2, 0.25) is 0 Å². The molecule has 1 atom stereocenters. The van der Waals surface area contributed by atoms with Gasteiger partial charge in [0.25, 0.3) is 5.91 Å². The van der Waals surface area contributed by atoms with Gasteiger partial charge < -0.3 is 15.2 Å². The predicted molar refractivity (Wildman–Crippen MR) is 109 cm³/mol. The highest BCUT2D eigenvalue weighted by atomic mass is 32.2. The maximum absolute atomic E-state index is 12.0. The Labute approximate surface area is 176 Å². The summed E-state index contributed by atoms with van der Waals surface area (Å²) < 4.78 is 5.80. The molecule has 0 bridgehead atoms. The second-order valence-electron chi connectivity index (χ2n) is 6.48. The molecular weight excluding hydrogens is 404 g/mol. The van der Waals surface area contributed by atoms with Crippen LogP contribution in [0.5, 0.6) is 5.75 Å². The maximum Gasteiger partial charge on any atom is 0.322 e. The normalized spacial score (nSPS) is 15.6. The number of pyridine rings is 2. The number of nitrogens with one attached hydrogen (secondary N) is 2. The average molecular weight is 422 g/mol. The van der Waals surface area contributed by atoms with E-state index in [9.17, 15) is 9.59 Å². The number of urea groups is 1. The molecule has 1 fully saturated rings. The van der Waals surface area contributed by atoms with Crippen LogP contribution in [0.4, 0.5) is 4.79 Å². The third-order valence-electron chi connectivity index (χ3n) is 4.40. The number of aliphatic hydroxyl groups is 1. The molecule has 1 aromatic carbocycles. The van der Waals surface area contributed by atoms with Crippen molar-refractivity contribution in [2.75, 3.05) is 0 Å². The van der Waals surface area contributed by atoms with E-state index in [0.717, 1.165) is 15.4 Å². The Hall–Kier alpha value is -3.43. The minimum atomic E-state index is -0.750. The van der Waals surface area contributed by atoms with Gasteiger partial charge in [-0.25, -0.2) is 4.79 Å². The van der Waals surface area contributed by atoms with Gasteiger partial charge in [0, 0.05) is 33.9 Å². The fourth-order valence-electron chi connectivity index (χ4n) is 2.94. The van der Waals surface area contributed by atoms with Gasteiger partial charge in [0.05, 0.1) is 12.3 Å². The van der Waals surface area contributed by atoms with Crippen molar-refractivity contribution in [1.82, 2.24) is 20.6 Å². The number of amides is 3. The van der Waals surface area contributed by atoms with Crippen LogP contribution in [0.3, 0.4) is 0 Å². The van der Waals surface area contributed by atoms with Gasteiger partial charge in [0.1, 0.15) is 18.4 Å². The quantitative estimate of drug-likeness (QED) is 0.502. The van der Waals surface area contributed by atoms with E-state index < -0.39 is 12.1 Å². The largest absolute Gasteiger partial charge is 0.489 e. The lowest BCUT2D eigenvalue weighted by Gasteiger charge is -2.13. The highest BCUT2D eigenvalue weighted by molar-refractivity contribution is 7.99. The zero-order valence-electron chi connectivity index (χ0n) is 15.7. The first kappa shape index (κ1) is 19.9. The van der Waals surface area contributed by atoms with E-state index in [2.05, 4.69) is 20.6 Å². The van der Waals surface area contributed by atoms with Crippen molar-refractivity contribution in [3.63, 3.8) is 0 Å².